The van der Waals surface area contributed by atoms with Gasteiger partial charge in [-0.15, -0.1) is 0 Å². The predicted molar refractivity (Wildman–Crippen MR) is 77.2 cm³/mol. The van der Waals surface area contributed by atoms with Crippen LogP contribution in [-0.2, 0) is 17.6 Å². The van der Waals surface area contributed by atoms with E-state index in [1.54, 1.807) is 0 Å². The number of carboxylic acids is 1. The number of fused-ring (bicyclic) bond motifs is 1. The number of ketones is 1. The Morgan fingerprint density at radius 3 is 2.65 bits per heavy atom. The summed E-state index contributed by atoms with van der Waals surface area (Å²) in [6.45, 7) is 0.835. The first kappa shape index (κ1) is 14.7. The Morgan fingerprint density at radius 1 is 1.15 bits per heavy atom. The van der Waals surface area contributed by atoms with E-state index in [1.165, 1.54) is 24.0 Å². The summed E-state index contributed by atoms with van der Waals surface area (Å²) in [5.74, 6) is -0.721. The van der Waals surface area contributed by atoms with Crippen LogP contribution in [0, 0.1) is 0 Å². The highest BCUT2D eigenvalue weighted by Crippen LogP contribution is 2.22. The number of nitrogens with one attached hydrogen (secondary N) is 1. The van der Waals surface area contributed by atoms with Gasteiger partial charge in [0.2, 0.25) is 0 Å². The monoisotopic (exact) mass is 275 g/mol. The quantitative estimate of drug-likeness (QED) is 0.591. The van der Waals surface area contributed by atoms with Crippen LogP contribution in [0.1, 0.15) is 47.2 Å². The third kappa shape index (κ3) is 4.17. The molecule has 0 fully saturated rings. The van der Waals surface area contributed by atoms with Crippen molar-refractivity contribution < 1.29 is 14.7 Å². The second kappa shape index (κ2) is 7.20. The Morgan fingerprint density at radius 2 is 1.90 bits per heavy atom. The van der Waals surface area contributed by atoms with E-state index in [9.17, 15) is 9.59 Å². The van der Waals surface area contributed by atoms with Crippen LogP contribution in [0.4, 0.5) is 0 Å². The van der Waals surface area contributed by atoms with E-state index in [-0.39, 0.29) is 18.7 Å². The second-order valence-corrected chi connectivity index (χ2v) is 5.29. The van der Waals surface area contributed by atoms with Gasteiger partial charge in [-0.3, -0.25) is 9.59 Å². The lowest BCUT2D eigenvalue weighted by Gasteiger charge is -2.16. The summed E-state index contributed by atoms with van der Waals surface area (Å²) in [4.78, 5) is 22.4. The molecule has 0 aliphatic heterocycles. The fourth-order valence-electron chi connectivity index (χ4n) is 2.58. The van der Waals surface area contributed by atoms with E-state index in [0.717, 1.165) is 18.4 Å². The molecule has 4 nitrogen and oxygen atoms in total. The molecule has 0 amide bonds. The van der Waals surface area contributed by atoms with E-state index in [1.807, 2.05) is 12.1 Å². The molecule has 20 heavy (non-hydrogen) atoms. The number of carbonyl (C=O) groups is 2. The highest BCUT2D eigenvalue weighted by Gasteiger charge is 2.12. The molecule has 0 radical (unpaired) electrons. The van der Waals surface area contributed by atoms with E-state index in [0.29, 0.717) is 13.0 Å². The maximum Gasteiger partial charge on any atom is 0.303 e. The van der Waals surface area contributed by atoms with Crippen molar-refractivity contribution in [3.05, 3.63) is 34.9 Å². The number of carboxylic acid groups (broad SMARTS) is 1. The summed E-state index contributed by atoms with van der Waals surface area (Å²) in [6, 6.07) is 6.01. The van der Waals surface area contributed by atoms with Crippen molar-refractivity contribution in [2.45, 2.75) is 38.5 Å². The number of rotatable bonds is 7. The Kier molecular flexibility index (Phi) is 5.30. The minimum absolute atomic E-state index is 0.0775. The van der Waals surface area contributed by atoms with E-state index >= 15 is 0 Å². The highest BCUT2D eigenvalue weighted by molar-refractivity contribution is 5.97. The lowest BCUT2D eigenvalue weighted by molar-refractivity contribution is -0.137. The van der Waals surface area contributed by atoms with Crippen LogP contribution in [0.15, 0.2) is 18.2 Å². The number of aliphatic carboxylic acids is 1. The number of aryl methyl sites for hydroxylation is 2. The fraction of sp³-hybridized carbons (Fsp3) is 0.500. The molecule has 0 aromatic heterocycles. The number of benzene rings is 1. The zero-order valence-corrected chi connectivity index (χ0v) is 11.7. The van der Waals surface area contributed by atoms with Crippen molar-refractivity contribution in [3.8, 4) is 0 Å². The molecular weight excluding hydrogens is 254 g/mol. The van der Waals surface area contributed by atoms with Gasteiger partial charge in [0.15, 0.2) is 5.78 Å². The lowest BCUT2D eigenvalue weighted by Crippen LogP contribution is -2.24. The summed E-state index contributed by atoms with van der Waals surface area (Å²) in [5, 5.41) is 11.5. The minimum Gasteiger partial charge on any atom is -0.481 e. The first-order valence-electron chi connectivity index (χ1n) is 7.24. The van der Waals surface area contributed by atoms with Gasteiger partial charge in [-0.05, 0) is 55.8 Å². The molecule has 0 bridgehead atoms. The van der Waals surface area contributed by atoms with E-state index in [4.69, 9.17) is 5.11 Å². The molecule has 0 spiro atoms. The molecule has 4 heteroatoms. The normalized spacial score (nSPS) is 13.8. The number of carbonyl (C=O) groups excluding carboxylic acids is 1. The average molecular weight is 275 g/mol. The lowest BCUT2D eigenvalue weighted by atomic mass is 9.90. The number of Topliss-reactive ketones (excluding diaryl/α,β-unsaturated/α-hetero) is 1. The molecule has 2 rings (SSSR count). The van der Waals surface area contributed by atoms with Gasteiger partial charge >= 0.3 is 5.97 Å². The second-order valence-electron chi connectivity index (χ2n) is 5.29. The standard InChI is InChI=1S/C16H21NO3/c18-15(11-17-9-3-6-16(19)20)14-8-7-12-4-1-2-5-13(12)10-14/h7-8,10,17H,1-6,9,11H2,(H,19,20). The third-order valence-corrected chi connectivity index (χ3v) is 3.70. The highest BCUT2D eigenvalue weighted by atomic mass is 16.4. The van der Waals surface area contributed by atoms with Crippen LogP contribution in [0.5, 0.6) is 0 Å². The molecule has 1 aromatic carbocycles. The summed E-state index contributed by atoms with van der Waals surface area (Å²) >= 11 is 0. The molecule has 0 unspecified atom stereocenters. The largest absolute Gasteiger partial charge is 0.481 e. The summed E-state index contributed by atoms with van der Waals surface area (Å²) in [6.07, 6.45) is 5.33. The predicted octanol–water partition coefficient (Wildman–Crippen LogP) is 2.20. The van der Waals surface area contributed by atoms with Gasteiger partial charge in [0.05, 0.1) is 6.54 Å². The Balaban J connectivity index is 1.82. The first-order chi connectivity index (χ1) is 9.66. The van der Waals surface area contributed by atoms with Gasteiger partial charge < -0.3 is 10.4 Å². The van der Waals surface area contributed by atoms with Gasteiger partial charge in [0.1, 0.15) is 0 Å². The van der Waals surface area contributed by atoms with Gasteiger partial charge in [-0.1, -0.05) is 12.1 Å². The number of hydrogen-bond acceptors (Lipinski definition) is 3. The Bertz CT molecular complexity index is 496. The van der Waals surface area contributed by atoms with Gasteiger partial charge in [-0.2, -0.15) is 0 Å². The van der Waals surface area contributed by atoms with Crippen molar-refractivity contribution in [1.82, 2.24) is 5.32 Å². The van der Waals surface area contributed by atoms with Crippen LogP contribution in [0.25, 0.3) is 0 Å². The van der Waals surface area contributed by atoms with Crippen molar-refractivity contribution in [1.29, 1.82) is 0 Å². The van der Waals surface area contributed by atoms with Crippen molar-refractivity contribution in [2.24, 2.45) is 0 Å². The SMILES string of the molecule is O=C(O)CCCNCC(=O)c1ccc2c(c1)CCCC2. The van der Waals surface area contributed by atoms with Crippen LogP contribution in [0.3, 0.4) is 0 Å². The first-order valence-corrected chi connectivity index (χ1v) is 7.24. The Hall–Kier alpha value is -1.68. The topological polar surface area (TPSA) is 66.4 Å². The maximum absolute atomic E-state index is 12.0. The van der Waals surface area contributed by atoms with Gasteiger partial charge in [-0.25, -0.2) is 0 Å². The zero-order valence-electron chi connectivity index (χ0n) is 11.7. The molecule has 108 valence electrons. The molecule has 2 N–H and O–H groups in total. The van der Waals surface area contributed by atoms with Gasteiger partial charge in [0.25, 0.3) is 0 Å². The summed E-state index contributed by atoms with van der Waals surface area (Å²) in [5.41, 5.74) is 3.45. The van der Waals surface area contributed by atoms with Crippen LogP contribution >= 0.6 is 0 Å². The van der Waals surface area contributed by atoms with Crippen LogP contribution < -0.4 is 5.32 Å². The molecular formula is C16H21NO3. The summed E-state index contributed by atoms with van der Waals surface area (Å²) < 4.78 is 0. The molecule has 1 aromatic rings. The van der Waals surface area contributed by atoms with Crippen LogP contribution in [0.2, 0.25) is 0 Å². The van der Waals surface area contributed by atoms with E-state index in [2.05, 4.69) is 11.4 Å². The molecule has 0 atom stereocenters. The Labute approximate surface area is 119 Å². The zero-order chi connectivity index (χ0) is 14.4. The van der Waals surface area contributed by atoms with Crippen molar-refractivity contribution >= 4 is 11.8 Å². The molecule has 1 aliphatic carbocycles. The van der Waals surface area contributed by atoms with E-state index < -0.39 is 5.97 Å². The molecule has 0 saturated heterocycles. The maximum atomic E-state index is 12.0. The van der Waals surface area contributed by atoms with Gasteiger partial charge in [0, 0.05) is 12.0 Å². The molecule has 1 aliphatic rings. The molecule has 0 saturated carbocycles. The number of hydrogen-bond donors (Lipinski definition) is 2. The summed E-state index contributed by atoms with van der Waals surface area (Å²) in [7, 11) is 0. The van der Waals surface area contributed by atoms with Crippen molar-refractivity contribution in [3.63, 3.8) is 0 Å². The minimum atomic E-state index is -0.798. The smallest absolute Gasteiger partial charge is 0.303 e. The molecule has 0 heterocycles. The third-order valence-electron chi connectivity index (χ3n) is 3.70. The van der Waals surface area contributed by atoms with Crippen LogP contribution in [-0.4, -0.2) is 29.9 Å². The average Bonchev–Trinajstić information content (AvgIpc) is 2.46. The fourth-order valence-corrected chi connectivity index (χ4v) is 2.58. The van der Waals surface area contributed by atoms with Crippen molar-refractivity contribution in [2.75, 3.05) is 13.1 Å².